The number of amides is 3. The SMILES string of the molecule is CCc1ccccc1NC(=O)C(Cc1ccccc1)N1C(=O)C2C3C=CC(C3)C2C1=O. The molecule has 1 aliphatic heterocycles. The highest BCUT2D eigenvalue weighted by atomic mass is 16.2. The van der Waals surface area contributed by atoms with Gasteiger partial charge in [0.2, 0.25) is 17.7 Å². The van der Waals surface area contributed by atoms with Gasteiger partial charge < -0.3 is 5.32 Å². The number of rotatable bonds is 6. The normalized spacial score (nSPS) is 26.9. The lowest BCUT2D eigenvalue weighted by molar-refractivity contribution is -0.147. The van der Waals surface area contributed by atoms with Gasteiger partial charge in [-0.2, -0.15) is 0 Å². The van der Waals surface area contributed by atoms with E-state index in [4.69, 9.17) is 0 Å². The van der Waals surface area contributed by atoms with Gasteiger partial charge in [-0.1, -0.05) is 67.6 Å². The second-order valence-electron chi connectivity index (χ2n) is 8.75. The molecule has 0 spiro atoms. The molecule has 1 N–H and O–H groups in total. The zero-order valence-electron chi connectivity index (χ0n) is 17.5. The predicted octanol–water partition coefficient (Wildman–Crippen LogP) is 3.61. The molecule has 2 bridgehead atoms. The third-order valence-corrected chi connectivity index (χ3v) is 7.05. The van der Waals surface area contributed by atoms with E-state index in [0.29, 0.717) is 6.42 Å². The Balaban J connectivity index is 1.47. The number of hydrogen-bond acceptors (Lipinski definition) is 3. The second kappa shape index (κ2) is 7.80. The van der Waals surface area contributed by atoms with Crippen molar-refractivity contribution in [1.29, 1.82) is 0 Å². The fraction of sp³-hybridized carbons (Fsp3) is 0.346. The summed E-state index contributed by atoms with van der Waals surface area (Å²) < 4.78 is 0. The van der Waals surface area contributed by atoms with Gasteiger partial charge in [0, 0.05) is 12.1 Å². The molecule has 1 saturated carbocycles. The minimum absolute atomic E-state index is 0.123. The molecule has 0 aromatic heterocycles. The molecule has 31 heavy (non-hydrogen) atoms. The van der Waals surface area contributed by atoms with E-state index in [1.807, 2.05) is 61.5 Å². The molecule has 5 heteroatoms. The first-order valence-electron chi connectivity index (χ1n) is 11.1. The smallest absolute Gasteiger partial charge is 0.248 e. The van der Waals surface area contributed by atoms with Crippen LogP contribution in [-0.2, 0) is 27.2 Å². The van der Waals surface area contributed by atoms with E-state index < -0.39 is 6.04 Å². The quantitative estimate of drug-likeness (QED) is 0.580. The molecule has 2 fully saturated rings. The number of hydrogen-bond donors (Lipinski definition) is 1. The Labute approximate surface area is 182 Å². The molecule has 1 heterocycles. The average Bonchev–Trinajstić information content (AvgIpc) is 3.47. The predicted molar refractivity (Wildman–Crippen MR) is 118 cm³/mol. The maximum absolute atomic E-state index is 13.5. The molecule has 1 saturated heterocycles. The van der Waals surface area contributed by atoms with Gasteiger partial charge in [-0.3, -0.25) is 19.3 Å². The van der Waals surface area contributed by atoms with Crippen LogP contribution in [-0.4, -0.2) is 28.7 Å². The van der Waals surface area contributed by atoms with Gasteiger partial charge in [-0.05, 0) is 41.9 Å². The third-order valence-electron chi connectivity index (χ3n) is 7.05. The van der Waals surface area contributed by atoms with Gasteiger partial charge in [0.1, 0.15) is 6.04 Å². The Bertz CT molecular complexity index is 1030. The van der Waals surface area contributed by atoms with Crippen LogP contribution in [0.5, 0.6) is 0 Å². The Morgan fingerprint density at radius 1 is 0.968 bits per heavy atom. The van der Waals surface area contributed by atoms with Crippen LogP contribution in [0.15, 0.2) is 66.7 Å². The summed E-state index contributed by atoms with van der Waals surface area (Å²) in [5.74, 6) is -1.06. The zero-order chi connectivity index (χ0) is 21.5. The summed E-state index contributed by atoms with van der Waals surface area (Å²) in [6.07, 6.45) is 6.11. The van der Waals surface area contributed by atoms with Crippen molar-refractivity contribution in [2.45, 2.75) is 32.2 Å². The molecule has 2 aliphatic carbocycles. The Morgan fingerprint density at radius 2 is 1.58 bits per heavy atom. The number of likely N-dealkylation sites (tertiary alicyclic amines) is 1. The van der Waals surface area contributed by atoms with Crippen LogP contribution in [0.25, 0.3) is 0 Å². The van der Waals surface area contributed by atoms with E-state index >= 15 is 0 Å². The number of nitrogens with one attached hydrogen (secondary N) is 1. The van der Waals surface area contributed by atoms with E-state index in [0.717, 1.165) is 29.7 Å². The Hall–Kier alpha value is -3.21. The van der Waals surface area contributed by atoms with Crippen molar-refractivity contribution < 1.29 is 14.4 Å². The lowest BCUT2D eigenvalue weighted by Gasteiger charge is -2.27. The summed E-state index contributed by atoms with van der Waals surface area (Å²) in [4.78, 5) is 41.5. The molecular weight excluding hydrogens is 388 g/mol. The highest BCUT2D eigenvalue weighted by Gasteiger charge is 2.61. The number of aryl methyl sites for hydroxylation is 1. The fourth-order valence-corrected chi connectivity index (χ4v) is 5.54. The maximum atomic E-state index is 13.5. The summed E-state index contributed by atoms with van der Waals surface area (Å²) >= 11 is 0. The van der Waals surface area contributed by atoms with Crippen LogP contribution >= 0.6 is 0 Å². The van der Waals surface area contributed by atoms with Crippen LogP contribution in [0.1, 0.15) is 24.5 Å². The van der Waals surface area contributed by atoms with Gasteiger partial charge in [0.15, 0.2) is 0 Å². The van der Waals surface area contributed by atoms with Crippen LogP contribution in [0.3, 0.4) is 0 Å². The van der Waals surface area contributed by atoms with Crippen molar-refractivity contribution in [3.05, 3.63) is 77.9 Å². The van der Waals surface area contributed by atoms with Gasteiger partial charge in [-0.25, -0.2) is 0 Å². The molecular formula is C26H26N2O3. The van der Waals surface area contributed by atoms with E-state index in [-0.39, 0.29) is 41.4 Å². The lowest BCUT2D eigenvalue weighted by Crippen LogP contribution is -2.49. The number of carbonyl (C=O) groups is 3. The number of carbonyl (C=O) groups excluding carboxylic acids is 3. The Morgan fingerprint density at radius 3 is 2.23 bits per heavy atom. The lowest BCUT2D eigenvalue weighted by atomic mass is 9.85. The number of anilines is 1. The second-order valence-corrected chi connectivity index (χ2v) is 8.75. The van der Waals surface area contributed by atoms with Crippen molar-refractivity contribution in [1.82, 2.24) is 4.90 Å². The number of benzene rings is 2. The number of nitrogens with zero attached hydrogens (tertiary/aromatic N) is 1. The van der Waals surface area contributed by atoms with Gasteiger partial charge in [-0.15, -0.1) is 0 Å². The maximum Gasteiger partial charge on any atom is 0.248 e. The summed E-state index contributed by atoms with van der Waals surface area (Å²) in [5.41, 5.74) is 2.67. The standard InChI is InChI=1S/C26H26N2O3/c1-2-17-10-6-7-11-20(17)27-24(29)21(14-16-8-4-3-5-9-16)28-25(30)22-18-12-13-19(15-18)23(22)26(28)31/h3-13,18-19,21-23H,2,14-15H2,1H3,(H,27,29). The molecule has 5 unspecified atom stereocenters. The van der Waals surface area contributed by atoms with E-state index in [2.05, 4.69) is 17.5 Å². The van der Waals surface area contributed by atoms with Crippen molar-refractivity contribution in [2.24, 2.45) is 23.7 Å². The van der Waals surface area contributed by atoms with Crippen LogP contribution < -0.4 is 5.32 Å². The number of imide groups is 1. The largest absolute Gasteiger partial charge is 0.324 e. The molecule has 2 aromatic rings. The van der Waals surface area contributed by atoms with Crippen LogP contribution in [0.4, 0.5) is 5.69 Å². The van der Waals surface area contributed by atoms with E-state index in [9.17, 15) is 14.4 Å². The first kappa shape index (κ1) is 19.7. The topological polar surface area (TPSA) is 66.5 Å². The molecule has 2 aromatic carbocycles. The summed E-state index contributed by atoms with van der Waals surface area (Å²) in [5, 5.41) is 3.00. The van der Waals surface area contributed by atoms with Crippen molar-refractivity contribution in [2.75, 3.05) is 5.32 Å². The van der Waals surface area contributed by atoms with Crippen molar-refractivity contribution in [3.63, 3.8) is 0 Å². The van der Waals surface area contributed by atoms with Gasteiger partial charge >= 0.3 is 0 Å². The summed E-state index contributed by atoms with van der Waals surface area (Å²) in [6, 6.07) is 16.4. The van der Waals surface area contributed by atoms with E-state index in [1.165, 1.54) is 4.90 Å². The summed E-state index contributed by atoms with van der Waals surface area (Å²) in [6.45, 7) is 2.03. The van der Waals surface area contributed by atoms with Crippen molar-refractivity contribution >= 4 is 23.4 Å². The van der Waals surface area contributed by atoms with Crippen LogP contribution in [0.2, 0.25) is 0 Å². The van der Waals surface area contributed by atoms with E-state index in [1.54, 1.807) is 0 Å². The summed E-state index contributed by atoms with van der Waals surface area (Å²) in [7, 11) is 0. The van der Waals surface area contributed by atoms with Gasteiger partial charge in [0.25, 0.3) is 0 Å². The first-order valence-corrected chi connectivity index (χ1v) is 11.1. The third kappa shape index (κ3) is 3.29. The zero-order valence-corrected chi connectivity index (χ0v) is 17.5. The first-order chi connectivity index (χ1) is 15.1. The molecule has 3 amide bonds. The fourth-order valence-electron chi connectivity index (χ4n) is 5.54. The molecule has 5 nitrogen and oxygen atoms in total. The molecule has 158 valence electrons. The number of fused-ring (bicyclic) bond motifs is 5. The van der Waals surface area contributed by atoms with Crippen LogP contribution in [0, 0.1) is 23.7 Å². The minimum Gasteiger partial charge on any atom is -0.324 e. The minimum atomic E-state index is -0.864. The molecule has 0 radical (unpaired) electrons. The van der Waals surface area contributed by atoms with Gasteiger partial charge in [0.05, 0.1) is 11.8 Å². The highest BCUT2D eigenvalue weighted by molar-refractivity contribution is 6.11. The Kier molecular flexibility index (Phi) is 4.97. The molecule has 5 rings (SSSR count). The number of para-hydroxylation sites is 1. The highest BCUT2D eigenvalue weighted by Crippen LogP contribution is 2.53. The molecule has 5 atom stereocenters. The van der Waals surface area contributed by atoms with Crippen molar-refractivity contribution in [3.8, 4) is 0 Å². The average molecular weight is 415 g/mol. The molecule has 3 aliphatic rings. The monoisotopic (exact) mass is 414 g/mol. The number of allylic oxidation sites excluding steroid dienone is 2.